The average Bonchev–Trinajstić information content (AvgIpc) is 3.81. The van der Waals surface area contributed by atoms with Gasteiger partial charge >= 0.3 is 6.80 Å². The zero-order valence-corrected chi connectivity index (χ0v) is 28.2. The van der Waals surface area contributed by atoms with E-state index in [1.807, 2.05) is 12.2 Å². The molecule has 5 aliphatic rings. The Hall–Kier alpha value is -2.65. The Morgan fingerprint density at radius 2 is 1.40 bits per heavy atom. The van der Waals surface area contributed by atoms with Crippen LogP contribution in [0.15, 0.2) is 37.5 Å². The van der Waals surface area contributed by atoms with Crippen LogP contribution in [0, 0.1) is 5.92 Å². The van der Waals surface area contributed by atoms with Gasteiger partial charge < -0.3 is 39.7 Å². The Morgan fingerprint density at radius 1 is 0.833 bits per heavy atom. The summed E-state index contributed by atoms with van der Waals surface area (Å²) in [5, 5.41) is 29.3. The zero-order valence-electron chi connectivity index (χ0n) is 24.7. The molecule has 4 aromatic heterocycles. The maximum Gasteiger partial charge on any atom is 0.386 e. The minimum absolute atomic E-state index is 0.200. The number of fused-ring (bicyclic) bond motifs is 10. The number of ether oxygens (including phenoxy) is 2. The summed E-state index contributed by atoms with van der Waals surface area (Å²) in [5.74, 6) is 0.0462. The summed E-state index contributed by atoms with van der Waals surface area (Å²) in [6.45, 7) is -7.90. The standard InChI is InChI=1S/C25H30N10O9P2S2/c36-17-12-7-45(38,47)40-5-14-18(37)19-25(43-14)35-11-33-16-21(29-9-31-23(16)35)27-4-2-1-3-26-20-15-22(30-8-28-20)34(10-32-15)24(12)42-13(17)6-41-46(39,48)44-19/h1-2,8-14,17-19,24-25,36-37H,3-7H2,(H,38,47)(H,39,48)(H,26,28,30)(H,27,29,31)/b2-1+/t12-,13?,14?,17+,18-,19-,24?,25-,45?,46?/m1/s1. The molecule has 256 valence electrons. The topological polar surface area (TPSA) is 235 Å². The predicted octanol–water partition coefficient (Wildman–Crippen LogP) is 0.964. The van der Waals surface area contributed by atoms with Crippen molar-refractivity contribution in [1.82, 2.24) is 39.0 Å². The fraction of sp³-hybridized carbons (Fsp3) is 0.520. The molecule has 0 saturated carbocycles. The summed E-state index contributed by atoms with van der Waals surface area (Å²) in [7, 11) is 0. The van der Waals surface area contributed by atoms with E-state index in [2.05, 4.69) is 52.8 Å². The number of rotatable bonds is 0. The number of thiol groups is 1. The van der Waals surface area contributed by atoms with Gasteiger partial charge in [0.2, 0.25) is 0 Å². The van der Waals surface area contributed by atoms with Gasteiger partial charge in [-0.15, -0.1) is 0 Å². The van der Waals surface area contributed by atoms with Crippen LogP contribution in [0.4, 0.5) is 11.6 Å². The number of nitrogens with one attached hydrogen (secondary N) is 2. The summed E-state index contributed by atoms with van der Waals surface area (Å²) >= 11 is 9.75. The summed E-state index contributed by atoms with van der Waals surface area (Å²) in [6, 6.07) is 0. The van der Waals surface area contributed by atoms with Crippen molar-refractivity contribution < 1.29 is 42.7 Å². The second-order valence-electron chi connectivity index (χ2n) is 11.6. The molecule has 19 nitrogen and oxygen atoms in total. The first-order valence-corrected chi connectivity index (χ1v) is 20.4. The van der Waals surface area contributed by atoms with Gasteiger partial charge in [-0.25, -0.2) is 34.5 Å². The van der Waals surface area contributed by atoms with Gasteiger partial charge in [-0.2, -0.15) is 0 Å². The molecule has 5 N–H and O–H groups in total. The molecule has 4 aromatic rings. The van der Waals surface area contributed by atoms with Crippen LogP contribution in [-0.2, 0) is 39.4 Å². The second-order valence-corrected chi connectivity index (χ2v) is 18.0. The van der Waals surface area contributed by atoms with Gasteiger partial charge in [0.15, 0.2) is 46.7 Å². The molecule has 5 aliphatic heterocycles. The van der Waals surface area contributed by atoms with E-state index in [1.165, 1.54) is 29.9 Å². The summed E-state index contributed by atoms with van der Waals surface area (Å²) < 4.78 is 46.6. The average molecular weight is 741 g/mol. The number of aromatic nitrogens is 8. The van der Waals surface area contributed by atoms with Crippen molar-refractivity contribution in [3.63, 3.8) is 0 Å². The van der Waals surface area contributed by atoms with E-state index in [0.29, 0.717) is 47.1 Å². The molecule has 9 rings (SSSR count). The number of aliphatic hydroxyl groups excluding tert-OH is 2. The molecule has 0 radical (unpaired) electrons. The molecule has 0 aliphatic carbocycles. The van der Waals surface area contributed by atoms with Gasteiger partial charge in [0.1, 0.15) is 43.3 Å². The van der Waals surface area contributed by atoms with Crippen molar-refractivity contribution >= 4 is 71.3 Å². The number of anilines is 2. The van der Waals surface area contributed by atoms with Crippen LogP contribution in [0.2, 0.25) is 0 Å². The first-order chi connectivity index (χ1) is 23.1. The Balaban J connectivity index is 1.25. The third-order valence-corrected chi connectivity index (χ3v) is 12.4. The van der Waals surface area contributed by atoms with E-state index in [9.17, 15) is 19.7 Å². The van der Waals surface area contributed by atoms with Crippen LogP contribution in [0.1, 0.15) is 12.5 Å². The molecule has 0 amide bonds. The van der Waals surface area contributed by atoms with E-state index in [0.717, 1.165) is 0 Å². The van der Waals surface area contributed by atoms with Gasteiger partial charge in [-0.1, -0.05) is 24.4 Å². The highest BCUT2D eigenvalue weighted by molar-refractivity contribution is 8.44. The number of hydrogen-bond donors (Lipinski definition) is 6. The Bertz CT molecular complexity index is 1850. The molecular weight excluding hydrogens is 710 g/mol. The number of nitrogens with zero attached hydrogens (tertiary/aromatic N) is 8. The molecule has 0 spiro atoms. The van der Waals surface area contributed by atoms with Crippen molar-refractivity contribution in [3.8, 4) is 0 Å². The van der Waals surface area contributed by atoms with Crippen LogP contribution >= 0.6 is 25.5 Å². The molecule has 0 aromatic carbocycles. The monoisotopic (exact) mass is 740 g/mol. The van der Waals surface area contributed by atoms with Gasteiger partial charge in [0.05, 0.1) is 32.0 Å². The van der Waals surface area contributed by atoms with Crippen LogP contribution in [0.3, 0.4) is 0 Å². The summed E-state index contributed by atoms with van der Waals surface area (Å²) in [4.78, 5) is 37.8. The lowest BCUT2D eigenvalue weighted by atomic mass is 10.0. The van der Waals surface area contributed by atoms with E-state index in [4.69, 9.17) is 34.9 Å². The third kappa shape index (κ3) is 5.95. The zero-order chi connectivity index (χ0) is 33.2. The molecule has 9 heterocycles. The molecule has 23 heteroatoms. The molecule has 14 bridgehead atoms. The molecular formula is C25H30N10O9P2S2. The number of aliphatic hydroxyl groups is 2. The van der Waals surface area contributed by atoms with Crippen molar-refractivity contribution in [2.45, 2.75) is 43.0 Å². The van der Waals surface area contributed by atoms with Gasteiger partial charge in [-0.3, -0.25) is 18.2 Å². The van der Waals surface area contributed by atoms with Gasteiger partial charge in [0.25, 0.3) is 0 Å². The summed E-state index contributed by atoms with van der Waals surface area (Å²) in [5.41, 5.74) is 1.56. The molecule has 3 saturated heterocycles. The predicted molar refractivity (Wildman–Crippen MR) is 175 cm³/mol. The van der Waals surface area contributed by atoms with Crippen LogP contribution in [0.25, 0.3) is 22.3 Å². The molecule has 3 fully saturated rings. The van der Waals surface area contributed by atoms with Gasteiger partial charge in [0, 0.05) is 25.2 Å². The SMILES string of the molecule is O=P1(S)OCC2OC3[C@H](CP(O)(=S)OCC4O[C@H]([C@H](O1)[C@@H]4O)n1cnc4c(ncnc41)NC/C=C/CNc1ncnc4c1ncn43)[C@@H]2O. The second kappa shape index (κ2) is 12.6. The number of hydrogen-bond acceptors (Lipinski definition) is 17. The van der Waals surface area contributed by atoms with Gasteiger partial charge in [-0.05, 0) is 11.8 Å². The van der Waals surface area contributed by atoms with Crippen molar-refractivity contribution in [2.75, 3.05) is 43.1 Å². The highest BCUT2D eigenvalue weighted by atomic mass is 32.7. The molecule has 48 heavy (non-hydrogen) atoms. The van der Waals surface area contributed by atoms with Crippen molar-refractivity contribution in [3.05, 3.63) is 37.5 Å². The van der Waals surface area contributed by atoms with Crippen LogP contribution in [-0.4, -0.2) is 117 Å². The fourth-order valence-corrected chi connectivity index (χ4v) is 9.85. The van der Waals surface area contributed by atoms with E-state index in [-0.39, 0.29) is 12.8 Å². The smallest absolute Gasteiger partial charge is 0.386 e. The van der Waals surface area contributed by atoms with Crippen molar-refractivity contribution in [1.29, 1.82) is 0 Å². The normalized spacial score (nSPS) is 38.0. The maximum absolute atomic E-state index is 13.7. The lowest BCUT2D eigenvalue weighted by molar-refractivity contribution is -0.0520. The Labute approximate surface area is 281 Å². The highest BCUT2D eigenvalue weighted by Crippen LogP contribution is 2.58. The minimum atomic E-state index is -4.25. The van der Waals surface area contributed by atoms with Crippen molar-refractivity contribution in [2.24, 2.45) is 5.92 Å². The Morgan fingerprint density at radius 3 is 2.04 bits per heavy atom. The molecule has 5 unspecified atom stereocenters. The third-order valence-electron chi connectivity index (χ3n) is 8.56. The quantitative estimate of drug-likeness (QED) is 0.0837. The van der Waals surface area contributed by atoms with E-state index >= 15 is 0 Å². The van der Waals surface area contributed by atoms with Crippen LogP contribution < -0.4 is 10.6 Å². The fourth-order valence-electron chi connectivity index (χ4n) is 6.28. The first-order valence-electron chi connectivity index (χ1n) is 14.9. The van der Waals surface area contributed by atoms with E-state index in [1.54, 1.807) is 4.57 Å². The largest absolute Gasteiger partial charge is 0.390 e. The summed E-state index contributed by atoms with van der Waals surface area (Å²) in [6.07, 6.45) is 0.942. The first kappa shape index (κ1) is 32.5. The maximum atomic E-state index is 13.7. The molecule has 10 atom stereocenters. The highest BCUT2D eigenvalue weighted by Gasteiger charge is 2.52. The lowest BCUT2D eigenvalue weighted by Crippen LogP contribution is -2.36. The number of imidazole rings is 2. The Kier molecular flexibility index (Phi) is 8.54. The van der Waals surface area contributed by atoms with E-state index < -0.39 is 68.8 Å². The lowest BCUT2D eigenvalue weighted by Gasteiger charge is -2.27. The minimum Gasteiger partial charge on any atom is -0.390 e. The van der Waals surface area contributed by atoms with Crippen LogP contribution in [0.5, 0.6) is 0 Å².